The van der Waals surface area contributed by atoms with Gasteiger partial charge in [-0.05, 0) is 6.07 Å². The van der Waals surface area contributed by atoms with Crippen molar-refractivity contribution in [2.24, 2.45) is 0 Å². The summed E-state index contributed by atoms with van der Waals surface area (Å²) in [5.41, 5.74) is 0.00824. The fourth-order valence-electron chi connectivity index (χ4n) is 1.84. The molecular formula is C14H12O5. The molecule has 0 saturated heterocycles. The molecule has 0 unspecified atom stereocenters. The molecule has 0 amide bonds. The number of phenolic OH excluding ortho intramolecular Hbond substituents is 1. The van der Waals surface area contributed by atoms with E-state index >= 15 is 0 Å². The van der Waals surface area contributed by atoms with Crippen LogP contribution in [0.2, 0.25) is 0 Å². The van der Waals surface area contributed by atoms with Crippen molar-refractivity contribution in [3.05, 3.63) is 35.9 Å². The van der Waals surface area contributed by atoms with Crippen LogP contribution in [0.1, 0.15) is 17.3 Å². The third-order valence-corrected chi connectivity index (χ3v) is 2.62. The number of benzene rings is 2. The molecule has 2 aromatic rings. The van der Waals surface area contributed by atoms with Crippen molar-refractivity contribution in [3.63, 3.8) is 0 Å². The Balaban J connectivity index is 2.79. The molecule has 0 aliphatic heterocycles. The smallest absolute Gasteiger partial charge is 0.341 e. The minimum absolute atomic E-state index is 0.00824. The Morgan fingerprint density at radius 1 is 1.16 bits per heavy atom. The van der Waals surface area contributed by atoms with Crippen molar-refractivity contribution in [2.45, 2.75) is 6.92 Å². The van der Waals surface area contributed by atoms with Crippen LogP contribution in [0.5, 0.6) is 11.5 Å². The molecule has 5 heteroatoms. The zero-order chi connectivity index (χ0) is 14.0. The molecule has 0 aliphatic rings. The van der Waals surface area contributed by atoms with E-state index < -0.39 is 11.9 Å². The van der Waals surface area contributed by atoms with Gasteiger partial charge in [0, 0.05) is 17.7 Å². The number of hydrogen-bond acceptors (Lipinski definition) is 5. The van der Waals surface area contributed by atoms with Crippen LogP contribution in [0, 0.1) is 0 Å². The molecule has 0 heterocycles. The number of carbonyl (C=O) groups excluding carboxylic acids is 2. The lowest BCUT2D eigenvalue weighted by atomic mass is 10.0. The molecule has 2 aromatic carbocycles. The van der Waals surface area contributed by atoms with Gasteiger partial charge in [0.2, 0.25) is 0 Å². The lowest BCUT2D eigenvalue weighted by Crippen LogP contribution is -2.09. The Kier molecular flexibility index (Phi) is 3.37. The number of methoxy groups -OCH3 is 1. The molecule has 0 spiro atoms. The molecule has 0 bridgehead atoms. The predicted molar refractivity (Wildman–Crippen MR) is 68.3 cm³/mol. The van der Waals surface area contributed by atoms with Gasteiger partial charge in [0.1, 0.15) is 11.3 Å². The molecule has 0 aliphatic carbocycles. The standard InChI is InChI=1S/C14H12O5/c1-8(15)19-13-10-6-4-3-5-9(10)12(16)7-11(13)14(17)18-2/h3-7,16H,1-2H3. The second-order valence-corrected chi connectivity index (χ2v) is 3.90. The number of rotatable bonds is 2. The molecule has 98 valence electrons. The Morgan fingerprint density at radius 3 is 2.37 bits per heavy atom. The first-order valence-corrected chi connectivity index (χ1v) is 5.56. The predicted octanol–water partition coefficient (Wildman–Crippen LogP) is 2.26. The van der Waals surface area contributed by atoms with E-state index in [-0.39, 0.29) is 17.1 Å². The van der Waals surface area contributed by atoms with Crippen LogP contribution in [-0.4, -0.2) is 24.2 Å². The van der Waals surface area contributed by atoms with E-state index in [2.05, 4.69) is 4.74 Å². The second kappa shape index (κ2) is 4.97. The van der Waals surface area contributed by atoms with Gasteiger partial charge in [-0.15, -0.1) is 0 Å². The first kappa shape index (κ1) is 12.9. The van der Waals surface area contributed by atoms with E-state index in [0.717, 1.165) is 0 Å². The lowest BCUT2D eigenvalue weighted by molar-refractivity contribution is -0.131. The van der Waals surface area contributed by atoms with Crippen LogP contribution in [0.25, 0.3) is 10.8 Å². The molecule has 1 N–H and O–H groups in total. The number of ether oxygens (including phenoxy) is 2. The van der Waals surface area contributed by atoms with Gasteiger partial charge in [0.15, 0.2) is 5.75 Å². The number of esters is 2. The second-order valence-electron chi connectivity index (χ2n) is 3.90. The first-order valence-electron chi connectivity index (χ1n) is 5.56. The molecule has 0 fully saturated rings. The van der Waals surface area contributed by atoms with Gasteiger partial charge < -0.3 is 14.6 Å². The van der Waals surface area contributed by atoms with Crippen LogP contribution in [0.3, 0.4) is 0 Å². The maximum atomic E-state index is 11.7. The number of aromatic hydroxyl groups is 1. The highest BCUT2D eigenvalue weighted by Crippen LogP contribution is 2.36. The average molecular weight is 260 g/mol. The van der Waals surface area contributed by atoms with E-state index in [4.69, 9.17) is 4.74 Å². The van der Waals surface area contributed by atoms with Crippen LogP contribution < -0.4 is 4.74 Å². The summed E-state index contributed by atoms with van der Waals surface area (Å²) in [4.78, 5) is 22.9. The van der Waals surface area contributed by atoms with Crippen LogP contribution in [0.4, 0.5) is 0 Å². The van der Waals surface area contributed by atoms with Gasteiger partial charge >= 0.3 is 11.9 Å². The highest BCUT2D eigenvalue weighted by molar-refractivity contribution is 6.04. The van der Waals surface area contributed by atoms with E-state index in [0.29, 0.717) is 10.8 Å². The number of fused-ring (bicyclic) bond motifs is 1. The normalized spacial score (nSPS) is 10.2. The summed E-state index contributed by atoms with van der Waals surface area (Å²) in [6.07, 6.45) is 0. The summed E-state index contributed by atoms with van der Waals surface area (Å²) in [5, 5.41) is 10.9. The maximum Gasteiger partial charge on any atom is 0.341 e. The number of phenols is 1. The van der Waals surface area contributed by atoms with Gasteiger partial charge in [-0.2, -0.15) is 0 Å². The first-order chi connectivity index (χ1) is 9.04. The SMILES string of the molecule is COC(=O)c1cc(O)c2ccccc2c1OC(C)=O. The van der Waals surface area contributed by atoms with E-state index in [1.54, 1.807) is 24.3 Å². The quantitative estimate of drug-likeness (QED) is 0.662. The Morgan fingerprint density at radius 2 is 1.79 bits per heavy atom. The maximum absolute atomic E-state index is 11.7. The van der Waals surface area contributed by atoms with Gasteiger partial charge in [-0.25, -0.2) is 4.79 Å². The third kappa shape index (κ3) is 2.35. The topological polar surface area (TPSA) is 72.8 Å². The van der Waals surface area contributed by atoms with Crippen LogP contribution in [0.15, 0.2) is 30.3 Å². The monoisotopic (exact) mass is 260 g/mol. The summed E-state index contributed by atoms with van der Waals surface area (Å²) in [7, 11) is 1.21. The fraction of sp³-hybridized carbons (Fsp3) is 0.143. The largest absolute Gasteiger partial charge is 0.507 e. The summed E-state index contributed by atoms with van der Waals surface area (Å²) in [6.45, 7) is 1.24. The minimum Gasteiger partial charge on any atom is -0.507 e. The molecular weight excluding hydrogens is 248 g/mol. The molecule has 0 saturated carbocycles. The fourth-order valence-corrected chi connectivity index (χ4v) is 1.84. The zero-order valence-corrected chi connectivity index (χ0v) is 10.5. The van der Waals surface area contributed by atoms with Gasteiger partial charge in [0.25, 0.3) is 0 Å². The lowest BCUT2D eigenvalue weighted by Gasteiger charge is -2.12. The van der Waals surface area contributed by atoms with Gasteiger partial charge in [-0.3, -0.25) is 4.79 Å². The number of hydrogen-bond donors (Lipinski definition) is 1. The molecule has 5 nitrogen and oxygen atoms in total. The molecule has 19 heavy (non-hydrogen) atoms. The zero-order valence-electron chi connectivity index (χ0n) is 10.5. The van der Waals surface area contributed by atoms with Crippen molar-refractivity contribution < 1.29 is 24.2 Å². The van der Waals surface area contributed by atoms with Crippen molar-refractivity contribution in [1.82, 2.24) is 0 Å². The average Bonchev–Trinajstić information content (AvgIpc) is 2.40. The Labute approximate surface area is 109 Å². The summed E-state index contributed by atoms with van der Waals surface area (Å²) >= 11 is 0. The molecule has 0 aromatic heterocycles. The van der Waals surface area contributed by atoms with Crippen molar-refractivity contribution >= 4 is 22.7 Å². The number of carbonyl (C=O) groups is 2. The van der Waals surface area contributed by atoms with Crippen molar-refractivity contribution in [3.8, 4) is 11.5 Å². The van der Waals surface area contributed by atoms with Gasteiger partial charge in [0.05, 0.1) is 7.11 Å². The van der Waals surface area contributed by atoms with Crippen molar-refractivity contribution in [1.29, 1.82) is 0 Å². The van der Waals surface area contributed by atoms with E-state index in [9.17, 15) is 14.7 Å². The summed E-state index contributed by atoms with van der Waals surface area (Å²) < 4.78 is 9.71. The highest BCUT2D eigenvalue weighted by Gasteiger charge is 2.20. The van der Waals surface area contributed by atoms with Gasteiger partial charge in [-0.1, -0.05) is 24.3 Å². The Bertz CT molecular complexity index is 660. The highest BCUT2D eigenvalue weighted by atomic mass is 16.5. The molecule has 0 atom stereocenters. The van der Waals surface area contributed by atoms with E-state index in [1.165, 1.54) is 20.1 Å². The van der Waals surface area contributed by atoms with Crippen LogP contribution in [-0.2, 0) is 9.53 Å². The van der Waals surface area contributed by atoms with E-state index in [1.807, 2.05) is 0 Å². The van der Waals surface area contributed by atoms with Crippen LogP contribution >= 0.6 is 0 Å². The third-order valence-electron chi connectivity index (χ3n) is 2.62. The minimum atomic E-state index is -0.683. The molecule has 2 rings (SSSR count). The summed E-state index contributed by atoms with van der Waals surface area (Å²) in [5.74, 6) is -1.22. The summed E-state index contributed by atoms with van der Waals surface area (Å²) in [6, 6.07) is 8.00. The Hall–Kier alpha value is -2.56. The van der Waals surface area contributed by atoms with Crippen molar-refractivity contribution in [2.75, 3.05) is 7.11 Å². The molecule has 0 radical (unpaired) electrons.